The van der Waals surface area contributed by atoms with Crippen LogP contribution in [0.5, 0.6) is 0 Å². The number of anilines is 1. The van der Waals surface area contributed by atoms with Gasteiger partial charge in [0.2, 0.25) is 5.91 Å². The standard InChI is InChI=1S/C20H24N6O2S/c1-13-10-19(28)26-15(12-29-20(26)21-13)11-18(27)25-8-6-24(7-9-25)17-5-4-16(22-23-17)14-2-3-14/h4-5,10,14-15H,2-3,6-9,11-12H2,1H3/t15-/m0/s1. The van der Waals surface area contributed by atoms with Crippen LogP contribution >= 0.6 is 11.8 Å². The summed E-state index contributed by atoms with van der Waals surface area (Å²) in [5, 5.41) is 9.47. The highest BCUT2D eigenvalue weighted by atomic mass is 32.2. The second-order valence-corrected chi connectivity index (χ2v) is 9.00. The van der Waals surface area contributed by atoms with E-state index in [-0.39, 0.29) is 17.5 Å². The molecule has 1 amide bonds. The molecule has 9 heteroatoms. The third kappa shape index (κ3) is 3.75. The molecule has 0 spiro atoms. The molecule has 2 fully saturated rings. The Morgan fingerprint density at radius 1 is 1.17 bits per heavy atom. The fourth-order valence-electron chi connectivity index (χ4n) is 4.03. The highest BCUT2D eigenvalue weighted by molar-refractivity contribution is 7.99. The minimum atomic E-state index is -0.109. The molecular weight excluding hydrogens is 388 g/mol. The molecule has 29 heavy (non-hydrogen) atoms. The van der Waals surface area contributed by atoms with Crippen molar-refractivity contribution in [2.45, 2.75) is 43.3 Å². The third-order valence-electron chi connectivity index (χ3n) is 5.85. The van der Waals surface area contributed by atoms with Crippen LogP contribution in [0.25, 0.3) is 0 Å². The number of hydrogen-bond donors (Lipinski definition) is 0. The summed E-state index contributed by atoms with van der Waals surface area (Å²) >= 11 is 1.56. The van der Waals surface area contributed by atoms with E-state index in [0.29, 0.717) is 25.4 Å². The van der Waals surface area contributed by atoms with Crippen molar-refractivity contribution in [3.8, 4) is 0 Å². The van der Waals surface area contributed by atoms with E-state index in [0.717, 1.165) is 41.2 Å². The third-order valence-corrected chi connectivity index (χ3v) is 6.95. The zero-order valence-corrected chi connectivity index (χ0v) is 17.3. The molecule has 2 aromatic rings. The van der Waals surface area contributed by atoms with Gasteiger partial charge in [-0.2, -0.15) is 5.10 Å². The van der Waals surface area contributed by atoms with E-state index in [9.17, 15) is 9.59 Å². The molecule has 3 aliphatic rings. The van der Waals surface area contributed by atoms with Gasteiger partial charge in [-0.25, -0.2) is 4.98 Å². The van der Waals surface area contributed by atoms with Crippen LogP contribution < -0.4 is 10.5 Å². The van der Waals surface area contributed by atoms with Gasteiger partial charge in [-0.05, 0) is 31.9 Å². The Kier molecular flexibility index (Phi) is 4.77. The van der Waals surface area contributed by atoms with Gasteiger partial charge >= 0.3 is 0 Å². The van der Waals surface area contributed by atoms with E-state index in [2.05, 4.69) is 26.1 Å². The first-order valence-electron chi connectivity index (χ1n) is 10.2. The maximum atomic E-state index is 12.8. The lowest BCUT2D eigenvalue weighted by molar-refractivity contribution is -0.132. The van der Waals surface area contributed by atoms with Crippen molar-refractivity contribution in [3.05, 3.63) is 39.9 Å². The summed E-state index contributed by atoms with van der Waals surface area (Å²) in [5.41, 5.74) is 1.76. The molecule has 5 rings (SSSR count). The summed E-state index contributed by atoms with van der Waals surface area (Å²) in [6.45, 7) is 4.65. The van der Waals surface area contributed by atoms with Gasteiger partial charge in [0.1, 0.15) is 0 Å². The minimum Gasteiger partial charge on any atom is -0.352 e. The van der Waals surface area contributed by atoms with E-state index in [1.807, 2.05) is 17.9 Å². The van der Waals surface area contributed by atoms with Crippen molar-refractivity contribution in [1.82, 2.24) is 24.6 Å². The van der Waals surface area contributed by atoms with E-state index in [1.165, 1.54) is 12.8 Å². The molecule has 0 bridgehead atoms. The minimum absolute atomic E-state index is 0.0617. The molecule has 0 aromatic carbocycles. The number of fused-ring (bicyclic) bond motifs is 1. The van der Waals surface area contributed by atoms with Crippen LogP contribution in [0.15, 0.2) is 28.2 Å². The summed E-state index contributed by atoms with van der Waals surface area (Å²) in [4.78, 5) is 33.7. The van der Waals surface area contributed by atoms with Crippen LogP contribution in [-0.4, -0.2) is 62.5 Å². The lowest BCUT2D eigenvalue weighted by Gasteiger charge is -2.35. The van der Waals surface area contributed by atoms with Crippen LogP contribution in [0.2, 0.25) is 0 Å². The van der Waals surface area contributed by atoms with Crippen molar-refractivity contribution >= 4 is 23.5 Å². The zero-order chi connectivity index (χ0) is 20.0. The molecule has 4 heterocycles. The first-order valence-corrected chi connectivity index (χ1v) is 11.2. The van der Waals surface area contributed by atoms with Crippen molar-refractivity contribution < 1.29 is 4.79 Å². The molecule has 1 saturated heterocycles. The van der Waals surface area contributed by atoms with Crippen molar-refractivity contribution in [3.63, 3.8) is 0 Å². The summed E-state index contributed by atoms with van der Waals surface area (Å²) in [6, 6.07) is 5.56. The summed E-state index contributed by atoms with van der Waals surface area (Å²) in [7, 11) is 0. The second kappa shape index (κ2) is 7.44. The number of thioether (sulfide) groups is 1. The number of hydrogen-bond acceptors (Lipinski definition) is 7. The Hall–Kier alpha value is -2.42. The zero-order valence-electron chi connectivity index (χ0n) is 16.5. The summed E-state index contributed by atoms with van der Waals surface area (Å²) in [5.74, 6) is 2.32. The number of nitrogens with zero attached hydrogens (tertiary/aromatic N) is 6. The normalized spacial score (nSPS) is 21.3. The molecule has 1 atom stereocenters. The van der Waals surface area contributed by atoms with Crippen molar-refractivity contribution in [2.24, 2.45) is 0 Å². The van der Waals surface area contributed by atoms with Crippen LogP contribution in [0.3, 0.4) is 0 Å². The average Bonchev–Trinajstić information content (AvgIpc) is 3.50. The van der Waals surface area contributed by atoms with Gasteiger partial charge in [-0.15, -0.1) is 5.10 Å². The van der Waals surface area contributed by atoms with Gasteiger partial charge in [-0.3, -0.25) is 14.2 Å². The van der Waals surface area contributed by atoms with E-state index in [1.54, 1.807) is 22.4 Å². The summed E-state index contributed by atoms with van der Waals surface area (Å²) < 4.78 is 1.68. The van der Waals surface area contributed by atoms with Gasteiger partial charge in [0, 0.05) is 56.0 Å². The van der Waals surface area contributed by atoms with Crippen LogP contribution in [0.1, 0.15) is 42.6 Å². The maximum absolute atomic E-state index is 12.8. The molecule has 2 aliphatic heterocycles. The van der Waals surface area contributed by atoms with Gasteiger partial charge < -0.3 is 9.80 Å². The van der Waals surface area contributed by atoms with E-state index < -0.39 is 0 Å². The predicted octanol–water partition coefficient (Wildman–Crippen LogP) is 1.60. The SMILES string of the molecule is Cc1cc(=O)n2c(n1)SC[C@@H]2CC(=O)N1CCN(c2ccc(C3CC3)nn2)CC1. The lowest BCUT2D eigenvalue weighted by atomic mass is 10.2. The number of rotatable bonds is 4. The Balaban J connectivity index is 1.19. The van der Waals surface area contributed by atoms with Gasteiger partial charge in [0.25, 0.3) is 5.56 Å². The van der Waals surface area contributed by atoms with Crippen LogP contribution in [0, 0.1) is 6.92 Å². The molecule has 1 aliphatic carbocycles. The highest BCUT2D eigenvalue weighted by Crippen LogP contribution is 2.38. The topological polar surface area (TPSA) is 84.2 Å². The van der Waals surface area contributed by atoms with Crippen LogP contribution in [-0.2, 0) is 4.79 Å². The highest BCUT2D eigenvalue weighted by Gasteiger charge is 2.31. The second-order valence-electron chi connectivity index (χ2n) is 8.02. The molecule has 0 N–H and O–H groups in total. The molecule has 152 valence electrons. The quantitative estimate of drug-likeness (QED) is 0.705. The molecule has 0 unspecified atom stereocenters. The van der Waals surface area contributed by atoms with E-state index in [4.69, 9.17) is 0 Å². The number of aryl methyl sites for hydroxylation is 1. The smallest absolute Gasteiger partial charge is 0.254 e. The fraction of sp³-hybridized carbons (Fsp3) is 0.550. The summed E-state index contributed by atoms with van der Waals surface area (Å²) in [6.07, 6.45) is 2.79. The number of piperazine rings is 1. The molecule has 0 radical (unpaired) electrons. The molecular formula is C20H24N6O2S. The van der Waals surface area contributed by atoms with Gasteiger partial charge in [0.15, 0.2) is 11.0 Å². The largest absolute Gasteiger partial charge is 0.352 e. The van der Waals surface area contributed by atoms with E-state index >= 15 is 0 Å². The predicted molar refractivity (Wildman–Crippen MR) is 110 cm³/mol. The number of aromatic nitrogens is 4. The fourth-order valence-corrected chi connectivity index (χ4v) is 5.22. The molecule has 8 nitrogen and oxygen atoms in total. The van der Waals surface area contributed by atoms with Crippen molar-refractivity contribution in [1.29, 1.82) is 0 Å². The Morgan fingerprint density at radius 2 is 1.97 bits per heavy atom. The first kappa shape index (κ1) is 18.6. The first-order chi connectivity index (χ1) is 14.1. The monoisotopic (exact) mass is 412 g/mol. The Bertz CT molecular complexity index is 979. The van der Waals surface area contributed by atoms with Gasteiger partial charge in [0.05, 0.1) is 11.7 Å². The Morgan fingerprint density at radius 3 is 2.66 bits per heavy atom. The number of carbonyl (C=O) groups excluding carboxylic acids is 1. The average molecular weight is 413 g/mol. The maximum Gasteiger partial charge on any atom is 0.254 e. The lowest BCUT2D eigenvalue weighted by Crippen LogP contribution is -2.49. The van der Waals surface area contributed by atoms with Crippen LogP contribution in [0.4, 0.5) is 5.82 Å². The van der Waals surface area contributed by atoms with Crippen molar-refractivity contribution in [2.75, 3.05) is 36.8 Å². The molecule has 1 saturated carbocycles. The molecule has 2 aromatic heterocycles. The number of amides is 1. The van der Waals surface area contributed by atoms with Gasteiger partial charge in [-0.1, -0.05) is 11.8 Å². The number of carbonyl (C=O) groups is 1. The Labute approximate surface area is 173 Å².